The first-order valence-electron chi connectivity index (χ1n) is 5.32. The molecule has 0 saturated carbocycles. The molecule has 0 radical (unpaired) electrons. The summed E-state index contributed by atoms with van der Waals surface area (Å²) in [6.07, 6.45) is 0. The molecule has 0 spiro atoms. The van der Waals surface area contributed by atoms with Gasteiger partial charge in [0, 0.05) is 13.6 Å². The van der Waals surface area contributed by atoms with Crippen LogP contribution in [0.15, 0.2) is 30.3 Å². The highest BCUT2D eigenvalue weighted by Gasteiger charge is 2.13. The van der Waals surface area contributed by atoms with Gasteiger partial charge in [-0.05, 0) is 31.9 Å². The van der Waals surface area contributed by atoms with E-state index in [0.717, 1.165) is 6.54 Å². The fourth-order valence-electron chi connectivity index (χ4n) is 1.55. The number of hydrogen-bond acceptors (Lipinski definition) is 2. The van der Waals surface area contributed by atoms with Gasteiger partial charge in [-0.15, -0.1) is 0 Å². The minimum atomic E-state index is 0.326. The van der Waals surface area contributed by atoms with Gasteiger partial charge in [0.05, 0.1) is 6.04 Å². The molecule has 1 unspecified atom stereocenters. The molecule has 0 aliphatic heterocycles. The summed E-state index contributed by atoms with van der Waals surface area (Å²) in [5, 5.41) is 6.79. The zero-order valence-corrected chi connectivity index (χ0v) is 10.8. The van der Waals surface area contributed by atoms with Crippen LogP contribution >= 0.6 is 12.2 Å². The molecule has 1 aromatic carbocycles. The second kappa shape index (κ2) is 6.45. The topological polar surface area (TPSA) is 27.3 Å². The van der Waals surface area contributed by atoms with E-state index in [9.17, 15) is 0 Å². The third-order valence-corrected chi connectivity index (χ3v) is 2.84. The average Bonchev–Trinajstić information content (AvgIpc) is 2.30. The summed E-state index contributed by atoms with van der Waals surface area (Å²) in [5.41, 5.74) is 1.29. The predicted octanol–water partition coefficient (Wildman–Crippen LogP) is 1.38. The first kappa shape index (κ1) is 12.9. The van der Waals surface area contributed by atoms with Gasteiger partial charge in [-0.3, -0.25) is 0 Å². The smallest absolute Gasteiger partial charge is 0.166 e. The highest BCUT2D eigenvalue weighted by Crippen LogP contribution is 2.16. The van der Waals surface area contributed by atoms with E-state index < -0.39 is 0 Å². The maximum atomic E-state index is 5.07. The van der Waals surface area contributed by atoms with Crippen molar-refractivity contribution in [1.29, 1.82) is 0 Å². The molecule has 0 aromatic heterocycles. The summed E-state index contributed by atoms with van der Waals surface area (Å²) in [5.74, 6) is 0. The number of likely N-dealkylation sites (N-methyl/N-ethyl adjacent to an activating group) is 1. The predicted molar refractivity (Wildman–Crippen MR) is 72.5 cm³/mol. The van der Waals surface area contributed by atoms with Crippen molar-refractivity contribution in [1.82, 2.24) is 15.5 Å². The normalized spacial score (nSPS) is 12.2. The van der Waals surface area contributed by atoms with Gasteiger partial charge in [0.1, 0.15) is 0 Å². The summed E-state index contributed by atoms with van der Waals surface area (Å²) >= 11 is 5.07. The molecule has 0 amide bonds. The summed E-state index contributed by atoms with van der Waals surface area (Å²) in [4.78, 5) is 2.18. The molecule has 1 rings (SSSR count). The standard InChI is InChI=1S/C12H19N3S/c1-13-12(16)14-9-11(15(2)3)10-7-5-4-6-8-10/h4-8,11H,9H2,1-3H3,(H2,13,14,16). The van der Waals surface area contributed by atoms with Crippen LogP contribution in [0.2, 0.25) is 0 Å². The number of nitrogens with zero attached hydrogens (tertiary/aromatic N) is 1. The van der Waals surface area contributed by atoms with E-state index >= 15 is 0 Å². The van der Waals surface area contributed by atoms with Crippen LogP contribution in [0.4, 0.5) is 0 Å². The summed E-state index contributed by atoms with van der Waals surface area (Å²) in [7, 11) is 5.96. The Morgan fingerprint density at radius 2 is 1.94 bits per heavy atom. The minimum Gasteiger partial charge on any atom is -0.366 e. The second-order valence-electron chi connectivity index (χ2n) is 3.85. The second-order valence-corrected chi connectivity index (χ2v) is 4.26. The Morgan fingerprint density at radius 1 is 1.31 bits per heavy atom. The van der Waals surface area contributed by atoms with Crippen molar-refractivity contribution in [3.63, 3.8) is 0 Å². The first-order chi connectivity index (χ1) is 7.65. The molecular weight excluding hydrogens is 218 g/mol. The number of benzene rings is 1. The van der Waals surface area contributed by atoms with Crippen LogP contribution in [-0.2, 0) is 0 Å². The largest absolute Gasteiger partial charge is 0.366 e. The molecule has 1 atom stereocenters. The van der Waals surface area contributed by atoms with Crippen LogP contribution in [-0.4, -0.2) is 37.7 Å². The molecular formula is C12H19N3S. The molecule has 0 saturated heterocycles. The Kier molecular flexibility index (Phi) is 5.22. The van der Waals surface area contributed by atoms with E-state index in [0.29, 0.717) is 11.2 Å². The van der Waals surface area contributed by atoms with E-state index in [4.69, 9.17) is 12.2 Å². The van der Waals surface area contributed by atoms with Gasteiger partial charge in [-0.2, -0.15) is 0 Å². The number of rotatable bonds is 4. The Labute approximate surface area is 103 Å². The molecule has 0 aliphatic carbocycles. The molecule has 2 N–H and O–H groups in total. The maximum Gasteiger partial charge on any atom is 0.166 e. The van der Waals surface area contributed by atoms with Crippen LogP contribution in [0.1, 0.15) is 11.6 Å². The van der Waals surface area contributed by atoms with Crippen LogP contribution in [0.5, 0.6) is 0 Å². The zero-order valence-electron chi connectivity index (χ0n) is 10.0. The Hall–Kier alpha value is -1.13. The third kappa shape index (κ3) is 3.79. The molecule has 16 heavy (non-hydrogen) atoms. The third-order valence-electron chi connectivity index (χ3n) is 2.49. The van der Waals surface area contributed by atoms with Gasteiger partial charge < -0.3 is 15.5 Å². The lowest BCUT2D eigenvalue weighted by Gasteiger charge is -2.25. The quantitative estimate of drug-likeness (QED) is 0.774. The number of thiocarbonyl (C=S) groups is 1. The lowest BCUT2D eigenvalue weighted by Crippen LogP contribution is -2.38. The molecule has 0 aliphatic rings. The molecule has 3 nitrogen and oxygen atoms in total. The SMILES string of the molecule is CNC(=S)NCC(c1ccccc1)N(C)C. The maximum absolute atomic E-state index is 5.07. The van der Waals surface area contributed by atoms with Crippen LogP contribution in [0.25, 0.3) is 0 Å². The average molecular weight is 237 g/mol. The van der Waals surface area contributed by atoms with Crippen molar-refractivity contribution >= 4 is 17.3 Å². The van der Waals surface area contributed by atoms with Crippen molar-refractivity contribution in [2.24, 2.45) is 0 Å². The van der Waals surface area contributed by atoms with Crippen molar-refractivity contribution in [3.8, 4) is 0 Å². The van der Waals surface area contributed by atoms with E-state index in [-0.39, 0.29) is 0 Å². The summed E-state index contributed by atoms with van der Waals surface area (Å²) < 4.78 is 0. The minimum absolute atomic E-state index is 0.326. The highest BCUT2D eigenvalue weighted by molar-refractivity contribution is 7.80. The molecule has 4 heteroatoms. The Bertz CT molecular complexity index is 324. The number of hydrogen-bond donors (Lipinski definition) is 2. The van der Waals surface area contributed by atoms with Crippen molar-refractivity contribution in [2.45, 2.75) is 6.04 Å². The van der Waals surface area contributed by atoms with Gasteiger partial charge in [0.2, 0.25) is 0 Å². The van der Waals surface area contributed by atoms with Gasteiger partial charge in [0.15, 0.2) is 5.11 Å². The van der Waals surface area contributed by atoms with Crippen molar-refractivity contribution in [3.05, 3.63) is 35.9 Å². The summed E-state index contributed by atoms with van der Waals surface area (Å²) in [6, 6.07) is 10.7. The van der Waals surface area contributed by atoms with Gasteiger partial charge in [-0.1, -0.05) is 30.3 Å². The Morgan fingerprint density at radius 3 is 2.44 bits per heavy atom. The molecule has 0 heterocycles. The van der Waals surface area contributed by atoms with Gasteiger partial charge in [-0.25, -0.2) is 0 Å². The van der Waals surface area contributed by atoms with E-state index in [2.05, 4.69) is 53.9 Å². The fourth-order valence-corrected chi connectivity index (χ4v) is 1.63. The van der Waals surface area contributed by atoms with Crippen LogP contribution in [0.3, 0.4) is 0 Å². The summed E-state index contributed by atoms with van der Waals surface area (Å²) in [6.45, 7) is 0.802. The highest BCUT2D eigenvalue weighted by atomic mass is 32.1. The van der Waals surface area contributed by atoms with Crippen molar-refractivity contribution < 1.29 is 0 Å². The van der Waals surface area contributed by atoms with E-state index in [1.807, 2.05) is 13.1 Å². The monoisotopic (exact) mass is 237 g/mol. The Balaban J connectivity index is 2.66. The fraction of sp³-hybridized carbons (Fsp3) is 0.417. The number of nitrogens with one attached hydrogen (secondary N) is 2. The van der Waals surface area contributed by atoms with E-state index in [1.54, 1.807) is 0 Å². The van der Waals surface area contributed by atoms with Crippen molar-refractivity contribution in [2.75, 3.05) is 27.7 Å². The molecule has 1 aromatic rings. The van der Waals surface area contributed by atoms with Gasteiger partial charge >= 0.3 is 0 Å². The van der Waals surface area contributed by atoms with Gasteiger partial charge in [0.25, 0.3) is 0 Å². The molecule has 0 fully saturated rings. The van der Waals surface area contributed by atoms with Crippen LogP contribution < -0.4 is 10.6 Å². The lowest BCUT2D eigenvalue weighted by molar-refractivity contribution is 0.298. The van der Waals surface area contributed by atoms with Crippen LogP contribution in [0, 0.1) is 0 Å². The lowest BCUT2D eigenvalue weighted by atomic mass is 10.1. The van der Waals surface area contributed by atoms with E-state index in [1.165, 1.54) is 5.56 Å². The molecule has 88 valence electrons. The zero-order chi connectivity index (χ0) is 12.0. The first-order valence-corrected chi connectivity index (χ1v) is 5.73. The molecule has 0 bridgehead atoms.